The van der Waals surface area contributed by atoms with Crippen molar-refractivity contribution in [1.29, 1.82) is 0 Å². The van der Waals surface area contributed by atoms with E-state index >= 15 is 0 Å². The highest BCUT2D eigenvalue weighted by Gasteiger charge is 2.58. The van der Waals surface area contributed by atoms with Gasteiger partial charge in [0.2, 0.25) is 17.8 Å². The maximum atomic E-state index is 13.1. The number of aryl methyl sites for hydroxylation is 1. The molecule has 0 radical (unpaired) electrons. The van der Waals surface area contributed by atoms with Gasteiger partial charge in [-0.2, -0.15) is 0 Å². The quantitative estimate of drug-likeness (QED) is 0.805. The first kappa shape index (κ1) is 18.4. The summed E-state index contributed by atoms with van der Waals surface area (Å²) in [7, 11) is 0. The standard InChI is InChI=1S/C21H25N5O2/c1-2-16-4-6-17(7-5-16)24-18(27)21(8-9-21)19(28)25-12-14-26(15-13-25)20-22-10-3-11-23-20/h3-7,10-11H,2,8-9,12-15H2,1H3,(H,24,27). The molecule has 4 rings (SSSR count). The number of aromatic nitrogens is 2. The first-order valence-electron chi connectivity index (χ1n) is 9.84. The van der Waals surface area contributed by atoms with E-state index < -0.39 is 5.41 Å². The molecule has 0 unspecified atom stereocenters. The van der Waals surface area contributed by atoms with Crippen molar-refractivity contribution in [3.8, 4) is 0 Å². The van der Waals surface area contributed by atoms with Gasteiger partial charge in [-0.05, 0) is 43.0 Å². The molecule has 146 valence electrons. The topological polar surface area (TPSA) is 78.4 Å². The normalized spacial score (nSPS) is 17.9. The SMILES string of the molecule is CCc1ccc(NC(=O)C2(C(=O)N3CCN(c4ncccn4)CC3)CC2)cc1. The third kappa shape index (κ3) is 3.56. The van der Waals surface area contributed by atoms with E-state index in [-0.39, 0.29) is 11.8 Å². The van der Waals surface area contributed by atoms with Gasteiger partial charge in [0, 0.05) is 44.3 Å². The van der Waals surface area contributed by atoms with Crippen LogP contribution in [0, 0.1) is 5.41 Å². The molecule has 1 saturated heterocycles. The molecule has 2 aliphatic rings. The van der Waals surface area contributed by atoms with Gasteiger partial charge < -0.3 is 15.1 Å². The fourth-order valence-electron chi connectivity index (χ4n) is 3.60. The lowest BCUT2D eigenvalue weighted by atomic mass is 10.0. The molecule has 7 nitrogen and oxygen atoms in total. The Labute approximate surface area is 164 Å². The average molecular weight is 379 g/mol. The van der Waals surface area contributed by atoms with E-state index in [9.17, 15) is 9.59 Å². The lowest BCUT2D eigenvalue weighted by molar-refractivity contribution is -0.142. The second kappa shape index (κ2) is 7.58. The van der Waals surface area contributed by atoms with Crippen LogP contribution in [0.1, 0.15) is 25.3 Å². The summed E-state index contributed by atoms with van der Waals surface area (Å²) >= 11 is 0. The molecule has 2 amide bonds. The first-order chi connectivity index (χ1) is 13.6. The van der Waals surface area contributed by atoms with Crippen LogP contribution in [0.25, 0.3) is 0 Å². The van der Waals surface area contributed by atoms with Crippen LogP contribution in [-0.4, -0.2) is 52.9 Å². The number of anilines is 2. The Bertz CT molecular complexity index is 841. The van der Waals surface area contributed by atoms with E-state index in [0.29, 0.717) is 45.0 Å². The van der Waals surface area contributed by atoms with Crippen molar-refractivity contribution in [2.75, 3.05) is 36.4 Å². The van der Waals surface area contributed by atoms with Crippen molar-refractivity contribution in [1.82, 2.24) is 14.9 Å². The minimum Gasteiger partial charge on any atom is -0.338 e. The number of carbonyl (C=O) groups excluding carboxylic acids is 2. The molecule has 0 spiro atoms. The largest absolute Gasteiger partial charge is 0.338 e. The van der Waals surface area contributed by atoms with Crippen molar-refractivity contribution in [3.05, 3.63) is 48.3 Å². The van der Waals surface area contributed by atoms with Gasteiger partial charge in [0.25, 0.3) is 0 Å². The van der Waals surface area contributed by atoms with Gasteiger partial charge in [0.05, 0.1) is 0 Å². The van der Waals surface area contributed by atoms with Gasteiger partial charge >= 0.3 is 0 Å². The van der Waals surface area contributed by atoms with Crippen LogP contribution < -0.4 is 10.2 Å². The van der Waals surface area contributed by atoms with Gasteiger partial charge in [-0.3, -0.25) is 9.59 Å². The van der Waals surface area contributed by atoms with Crippen molar-refractivity contribution < 1.29 is 9.59 Å². The van der Waals surface area contributed by atoms with Crippen molar-refractivity contribution >= 4 is 23.5 Å². The van der Waals surface area contributed by atoms with Crippen LogP contribution >= 0.6 is 0 Å². The highest BCUT2D eigenvalue weighted by atomic mass is 16.2. The van der Waals surface area contributed by atoms with Gasteiger partial charge in [-0.25, -0.2) is 9.97 Å². The number of hydrogen-bond donors (Lipinski definition) is 1. The number of benzene rings is 1. The predicted molar refractivity (Wildman–Crippen MR) is 107 cm³/mol. The zero-order valence-electron chi connectivity index (χ0n) is 16.1. The number of carbonyl (C=O) groups is 2. The van der Waals surface area contributed by atoms with Crippen LogP contribution in [0.4, 0.5) is 11.6 Å². The van der Waals surface area contributed by atoms with Crippen LogP contribution in [0.2, 0.25) is 0 Å². The summed E-state index contributed by atoms with van der Waals surface area (Å²) in [5, 5.41) is 2.93. The third-order valence-electron chi connectivity index (χ3n) is 5.62. The van der Waals surface area contributed by atoms with E-state index in [4.69, 9.17) is 0 Å². The van der Waals surface area contributed by atoms with E-state index in [1.54, 1.807) is 18.5 Å². The zero-order valence-corrected chi connectivity index (χ0v) is 16.1. The summed E-state index contributed by atoms with van der Waals surface area (Å²) in [6, 6.07) is 9.59. The maximum Gasteiger partial charge on any atom is 0.240 e. The summed E-state index contributed by atoms with van der Waals surface area (Å²) in [5.74, 6) is 0.448. The van der Waals surface area contributed by atoms with Gasteiger partial charge in [-0.15, -0.1) is 0 Å². The third-order valence-corrected chi connectivity index (χ3v) is 5.62. The summed E-state index contributed by atoms with van der Waals surface area (Å²) in [4.78, 5) is 38.3. The summed E-state index contributed by atoms with van der Waals surface area (Å²) in [5.41, 5.74) is 1.07. The average Bonchev–Trinajstić information content (AvgIpc) is 3.57. The molecule has 0 bridgehead atoms. The Morgan fingerprint density at radius 2 is 1.68 bits per heavy atom. The molecule has 28 heavy (non-hydrogen) atoms. The van der Waals surface area contributed by atoms with Crippen LogP contribution in [0.3, 0.4) is 0 Å². The smallest absolute Gasteiger partial charge is 0.240 e. The number of amides is 2. The Balaban J connectivity index is 1.37. The number of rotatable bonds is 5. The molecular formula is C21H25N5O2. The molecule has 1 aliphatic heterocycles. The van der Waals surface area contributed by atoms with Crippen LogP contribution in [0.15, 0.2) is 42.7 Å². The lowest BCUT2D eigenvalue weighted by Gasteiger charge is -2.36. The van der Waals surface area contributed by atoms with Crippen molar-refractivity contribution in [2.24, 2.45) is 5.41 Å². The molecule has 2 heterocycles. The minimum absolute atomic E-state index is 0.0520. The molecule has 1 aromatic carbocycles. The molecule has 2 fully saturated rings. The Morgan fingerprint density at radius 1 is 1.04 bits per heavy atom. The van der Waals surface area contributed by atoms with E-state index in [0.717, 1.165) is 12.1 Å². The Morgan fingerprint density at radius 3 is 2.25 bits per heavy atom. The Kier molecular flexibility index (Phi) is 4.98. The number of nitrogens with one attached hydrogen (secondary N) is 1. The highest BCUT2D eigenvalue weighted by Crippen LogP contribution is 2.48. The fraction of sp³-hybridized carbons (Fsp3) is 0.429. The molecule has 0 atom stereocenters. The molecule has 7 heteroatoms. The van der Waals surface area contributed by atoms with E-state index in [2.05, 4.69) is 27.1 Å². The summed E-state index contributed by atoms with van der Waals surface area (Å²) < 4.78 is 0. The second-order valence-electron chi connectivity index (χ2n) is 7.41. The van der Waals surface area contributed by atoms with Gasteiger partial charge in [-0.1, -0.05) is 19.1 Å². The van der Waals surface area contributed by atoms with Crippen molar-refractivity contribution in [3.63, 3.8) is 0 Å². The molecule has 1 aromatic heterocycles. The number of nitrogens with zero attached hydrogens (tertiary/aromatic N) is 4. The van der Waals surface area contributed by atoms with Crippen LogP contribution in [-0.2, 0) is 16.0 Å². The zero-order chi connectivity index (χ0) is 19.6. The number of piperazine rings is 1. The van der Waals surface area contributed by atoms with E-state index in [1.807, 2.05) is 29.2 Å². The van der Waals surface area contributed by atoms with Gasteiger partial charge in [0.15, 0.2) is 0 Å². The second-order valence-corrected chi connectivity index (χ2v) is 7.41. The van der Waals surface area contributed by atoms with Gasteiger partial charge in [0.1, 0.15) is 5.41 Å². The molecule has 2 aromatic rings. The molecule has 1 aliphatic carbocycles. The Hall–Kier alpha value is -2.96. The highest BCUT2D eigenvalue weighted by molar-refractivity contribution is 6.13. The lowest BCUT2D eigenvalue weighted by Crippen LogP contribution is -2.53. The molecule has 1 N–H and O–H groups in total. The monoisotopic (exact) mass is 379 g/mol. The first-order valence-corrected chi connectivity index (χ1v) is 9.84. The number of hydrogen-bond acceptors (Lipinski definition) is 5. The fourth-order valence-corrected chi connectivity index (χ4v) is 3.60. The summed E-state index contributed by atoms with van der Waals surface area (Å²) in [6.45, 7) is 4.60. The molecular weight excluding hydrogens is 354 g/mol. The van der Waals surface area contributed by atoms with Crippen LogP contribution in [0.5, 0.6) is 0 Å². The molecule has 1 saturated carbocycles. The summed E-state index contributed by atoms with van der Waals surface area (Å²) in [6.07, 6.45) is 5.63. The van der Waals surface area contributed by atoms with E-state index in [1.165, 1.54) is 5.56 Å². The predicted octanol–water partition coefficient (Wildman–Crippen LogP) is 2.11. The maximum absolute atomic E-state index is 13.1. The van der Waals surface area contributed by atoms with Crippen molar-refractivity contribution in [2.45, 2.75) is 26.2 Å². The minimum atomic E-state index is -0.894.